The summed E-state index contributed by atoms with van der Waals surface area (Å²) in [6.07, 6.45) is 0.281. The van der Waals surface area contributed by atoms with E-state index in [2.05, 4.69) is 10.1 Å². The summed E-state index contributed by atoms with van der Waals surface area (Å²) in [6, 6.07) is 5.31. The minimum Gasteiger partial charge on any atom is -0.489 e. The number of nitrogens with zero attached hydrogens (tertiary/aromatic N) is 4. The van der Waals surface area contributed by atoms with E-state index in [1.165, 1.54) is 11.0 Å². The molecule has 8 nitrogen and oxygen atoms in total. The fourth-order valence-corrected chi connectivity index (χ4v) is 1.80. The Morgan fingerprint density at radius 1 is 1.57 bits per heavy atom. The average Bonchev–Trinajstić information content (AvgIpc) is 2.88. The van der Waals surface area contributed by atoms with E-state index in [-0.39, 0.29) is 13.2 Å². The van der Waals surface area contributed by atoms with Gasteiger partial charge in [0.15, 0.2) is 0 Å². The van der Waals surface area contributed by atoms with Crippen LogP contribution in [0, 0.1) is 17.0 Å². The number of benzene rings is 1. The van der Waals surface area contributed by atoms with Crippen molar-refractivity contribution in [2.24, 2.45) is 0 Å². The molecular weight excluding hydrogens is 300 g/mol. The van der Waals surface area contributed by atoms with Crippen molar-refractivity contribution in [1.29, 1.82) is 0 Å². The molecule has 0 aliphatic heterocycles. The minimum absolute atomic E-state index is 0.0170. The average molecular weight is 313 g/mol. The van der Waals surface area contributed by atoms with Crippen LogP contribution in [0.3, 0.4) is 0 Å². The van der Waals surface area contributed by atoms with Gasteiger partial charge in [-0.15, -0.1) is 0 Å². The molecule has 0 bridgehead atoms. The second kappa shape index (κ2) is 6.51. The smallest absolute Gasteiger partial charge is 0.489 e. The topological polar surface area (TPSA) is 103 Å². The summed E-state index contributed by atoms with van der Waals surface area (Å²) >= 11 is 5.97. The molecule has 0 aliphatic rings. The SMILES string of the molecule is Cc1ccc(Cl)c(OC[C@@H](O)Cn2cnc([N+](=O)[O-])n2)c1. The van der Waals surface area contributed by atoms with Gasteiger partial charge in [0.25, 0.3) is 0 Å². The highest BCUT2D eigenvalue weighted by atomic mass is 35.5. The van der Waals surface area contributed by atoms with Crippen LogP contribution in [0.2, 0.25) is 5.02 Å². The molecule has 9 heteroatoms. The summed E-state index contributed by atoms with van der Waals surface area (Å²) in [5.74, 6) is -0.0369. The third-order valence-electron chi connectivity index (χ3n) is 2.60. The van der Waals surface area contributed by atoms with Crippen LogP contribution in [0.5, 0.6) is 5.75 Å². The van der Waals surface area contributed by atoms with Crippen molar-refractivity contribution in [2.45, 2.75) is 19.6 Å². The minimum atomic E-state index is -0.900. The molecule has 0 amide bonds. The molecule has 0 saturated carbocycles. The maximum Gasteiger partial charge on any atom is 0.490 e. The molecule has 0 unspecified atom stereocenters. The highest BCUT2D eigenvalue weighted by molar-refractivity contribution is 6.32. The maximum atomic E-state index is 10.4. The largest absolute Gasteiger partial charge is 0.490 e. The third kappa shape index (κ3) is 4.14. The van der Waals surface area contributed by atoms with E-state index in [1.807, 2.05) is 13.0 Å². The van der Waals surface area contributed by atoms with Crippen LogP contribution in [0.15, 0.2) is 24.5 Å². The van der Waals surface area contributed by atoms with Crippen molar-refractivity contribution in [1.82, 2.24) is 14.8 Å². The zero-order valence-electron chi connectivity index (χ0n) is 11.1. The van der Waals surface area contributed by atoms with E-state index < -0.39 is 17.0 Å². The van der Waals surface area contributed by atoms with Crippen LogP contribution in [0.25, 0.3) is 0 Å². The number of ether oxygens (including phenoxy) is 1. The van der Waals surface area contributed by atoms with Gasteiger partial charge in [0, 0.05) is 5.10 Å². The van der Waals surface area contributed by atoms with Crippen molar-refractivity contribution < 1.29 is 14.8 Å². The number of aryl methyl sites for hydroxylation is 1. The molecule has 112 valence electrons. The predicted molar refractivity (Wildman–Crippen MR) is 74.4 cm³/mol. The van der Waals surface area contributed by atoms with Crippen molar-refractivity contribution in [2.75, 3.05) is 6.61 Å². The Morgan fingerprint density at radius 3 is 3.00 bits per heavy atom. The summed E-state index contributed by atoms with van der Waals surface area (Å²) in [5, 5.41) is 24.3. The Morgan fingerprint density at radius 2 is 2.33 bits per heavy atom. The van der Waals surface area contributed by atoms with E-state index >= 15 is 0 Å². The van der Waals surface area contributed by atoms with Gasteiger partial charge in [0.2, 0.25) is 6.33 Å². The molecule has 1 aromatic heterocycles. The lowest BCUT2D eigenvalue weighted by Crippen LogP contribution is -2.24. The quantitative estimate of drug-likeness (QED) is 0.641. The maximum absolute atomic E-state index is 10.4. The van der Waals surface area contributed by atoms with Gasteiger partial charge in [0.05, 0.1) is 11.6 Å². The number of halogens is 1. The molecule has 1 heterocycles. The molecule has 1 aromatic carbocycles. The number of aliphatic hydroxyl groups is 1. The summed E-state index contributed by atoms with van der Waals surface area (Å²) in [5.41, 5.74) is 0.982. The Kier molecular flexibility index (Phi) is 4.71. The van der Waals surface area contributed by atoms with E-state index in [0.717, 1.165) is 5.56 Å². The van der Waals surface area contributed by atoms with Crippen LogP contribution < -0.4 is 4.74 Å². The number of aromatic nitrogens is 3. The normalized spacial score (nSPS) is 12.1. The zero-order chi connectivity index (χ0) is 15.4. The number of aliphatic hydroxyl groups excluding tert-OH is 1. The molecule has 1 N–H and O–H groups in total. The van der Waals surface area contributed by atoms with Crippen molar-refractivity contribution >= 4 is 17.5 Å². The molecule has 0 saturated heterocycles. The molecule has 0 fully saturated rings. The number of rotatable bonds is 6. The van der Waals surface area contributed by atoms with Crippen molar-refractivity contribution in [3.8, 4) is 5.75 Å². The van der Waals surface area contributed by atoms with Gasteiger partial charge >= 0.3 is 5.95 Å². The van der Waals surface area contributed by atoms with Gasteiger partial charge < -0.3 is 20.0 Å². The van der Waals surface area contributed by atoms with E-state index in [0.29, 0.717) is 10.8 Å². The van der Waals surface area contributed by atoms with Crippen LogP contribution >= 0.6 is 11.6 Å². The van der Waals surface area contributed by atoms with E-state index in [4.69, 9.17) is 16.3 Å². The number of nitro groups is 1. The molecular formula is C12H13ClN4O4. The van der Waals surface area contributed by atoms with Crippen LogP contribution in [-0.4, -0.2) is 37.5 Å². The first-order valence-electron chi connectivity index (χ1n) is 6.06. The summed E-state index contributed by atoms with van der Waals surface area (Å²) in [4.78, 5) is 13.2. The van der Waals surface area contributed by atoms with Gasteiger partial charge in [-0.2, -0.15) is 4.68 Å². The summed E-state index contributed by atoms with van der Waals surface area (Å²) < 4.78 is 6.61. The Labute approximate surface area is 125 Å². The summed E-state index contributed by atoms with van der Waals surface area (Å²) in [6.45, 7) is 1.91. The second-order valence-electron chi connectivity index (χ2n) is 4.42. The summed E-state index contributed by atoms with van der Waals surface area (Å²) in [7, 11) is 0. The van der Waals surface area contributed by atoms with Crippen molar-refractivity contribution in [3.63, 3.8) is 0 Å². The molecule has 0 spiro atoms. The lowest BCUT2D eigenvalue weighted by Gasteiger charge is -2.12. The standard InChI is InChI=1S/C12H13ClN4O4/c1-8-2-3-10(13)11(4-8)21-6-9(18)5-16-7-14-12(15-16)17(19)20/h2-4,7,9,18H,5-6H2,1H3/t9-/m0/s1. The van der Waals surface area contributed by atoms with Crippen LogP contribution in [0.4, 0.5) is 5.95 Å². The number of hydrogen-bond acceptors (Lipinski definition) is 6. The van der Waals surface area contributed by atoms with Gasteiger partial charge in [-0.3, -0.25) is 0 Å². The Bertz CT molecular complexity index is 646. The van der Waals surface area contributed by atoms with Crippen LogP contribution in [0.1, 0.15) is 5.56 Å². The molecule has 2 aromatic rings. The molecule has 1 atom stereocenters. The van der Waals surface area contributed by atoms with E-state index in [9.17, 15) is 15.2 Å². The monoisotopic (exact) mass is 312 g/mol. The van der Waals surface area contributed by atoms with Gasteiger partial charge in [-0.25, -0.2) is 0 Å². The zero-order valence-corrected chi connectivity index (χ0v) is 11.9. The molecule has 21 heavy (non-hydrogen) atoms. The third-order valence-corrected chi connectivity index (χ3v) is 2.92. The highest BCUT2D eigenvalue weighted by Crippen LogP contribution is 2.25. The van der Waals surface area contributed by atoms with Gasteiger partial charge in [-0.05, 0) is 29.5 Å². The number of hydrogen-bond donors (Lipinski definition) is 1. The Balaban J connectivity index is 1.90. The second-order valence-corrected chi connectivity index (χ2v) is 4.83. The first-order valence-corrected chi connectivity index (χ1v) is 6.44. The van der Waals surface area contributed by atoms with Crippen LogP contribution in [-0.2, 0) is 6.54 Å². The first kappa shape index (κ1) is 15.2. The lowest BCUT2D eigenvalue weighted by atomic mass is 10.2. The van der Waals surface area contributed by atoms with Gasteiger partial charge in [0.1, 0.15) is 18.5 Å². The highest BCUT2D eigenvalue weighted by Gasteiger charge is 2.16. The fourth-order valence-electron chi connectivity index (χ4n) is 1.63. The fraction of sp³-hybridized carbons (Fsp3) is 0.333. The first-order chi connectivity index (χ1) is 9.95. The molecule has 2 rings (SSSR count). The lowest BCUT2D eigenvalue weighted by molar-refractivity contribution is -0.394. The van der Waals surface area contributed by atoms with Gasteiger partial charge in [-0.1, -0.05) is 22.7 Å². The van der Waals surface area contributed by atoms with Crippen molar-refractivity contribution in [3.05, 3.63) is 45.2 Å². The molecule has 0 radical (unpaired) electrons. The predicted octanol–water partition coefficient (Wildman–Crippen LogP) is 1.59. The Hall–Kier alpha value is -2.19. The molecule has 0 aliphatic carbocycles. The van der Waals surface area contributed by atoms with E-state index in [1.54, 1.807) is 12.1 Å².